The molecular formula is C13H27ClN2. The van der Waals surface area contributed by atoms with Crippen LogP contribution in [0.5, 0.6) is 0 Å². The molecule has 1 saturated heterocycles. The molecule has 1 N–H and O–H groups in total. The number of hydrogen-bond donors (Lipinski definition) is 1. The van der Waals surface area contributed by atoms with Crippen LogP contribution in [-0.2, 0) is 0 Å². The predicted molar refractivity (Wildman–Crippen MR) is 72.3 cm³/mol. The Labute approximate surface area is 107 Å². The standard InChI is InChI=1S/C13H26N2.ClH/c1-11-12(2)15(10-8-14-11)9-7-13-5-3-4-6-13;/h11-14H,3-10H2,1-2H3;1H. The molecule has 0 spiro atoms. The van der Waals surface area contributed by atoms with Gasteiger partial charge in [0, 0.05) is 25.2 Å². The van der Waals surface area contributed by atoms with Gasteiger partial charge in [0.25, 0.3) is 0 Å². The maximum absolute atomic E-state index is 3.55. The van der Waals surface area contributed by atoms with Crippen molar-refractivity contribution in [3.63, 3.8) is 0 Å². The highest BCUT2D eigenvalue weighted by molar-refractivity contribution is 5.85. The monoisotopic (exact) mass is 246 g/mol. The Balaban J connectivity index is 0.00000128. The Morgan fingerprint density at radius 3 is 2.56 bits per heavy atom. The molecule has 0 aromatic carbocycles. The van der Waals surface area contributed by atoms with Gasteiger partial charge in [-0.3, -0.25) is 4.90 Å². The molecule has 1 heterocycles. The molecule has 1 saturated carbocycles. The Kier molecular flexibility index (Phi) is 6.09. The summed E-state index contributed by atoms with van der Waals surface area (Å²) in [7, 11) is 0. The van der Waals surface area contributed by atoms with Crippen LogP contribution in [0.1, 0.15) is 46.0 Å². The molecule has 2 fully saturated rings. The molecule has 2 nitrogen and oxygen atoms in total. The molecule has 0 radical (unpaired) electrons. The van der Waals surface area contributed by atoms with Crippen LogP contribution in [-0.4, -0.2) is 36.6 Å². The fourth-order valence-corrected chi connectivity index (χ4v) is 3.09. The molecule has 2 aliphatic rings. The third kappa shape index (κ3) is 3.61. The molecule has 2 rings (SSSR count). The van der Waals surface area contributed by atoms with Gasteiger partial charge in [0.15, 0.2) is 0 Å². The predicted octanol–water partition coefficient (Wildman–Crippen LogP) is 2.67. The second-order valence-electron chi connectivity index (χ2n) is 5.46. The van der Waals surface area contributed by atoms with Crippen molar-refractivity contribution in [3.8, 4) is 0 Å². The molecule has 2 atom stereocenters. The normalized spacial score (nSPS) is 32.6. The van der Waals surface area contributed by atoms with Crippen LogP contribution >= 0.6 is 12.4 Å². The minimum absolute atomic E-state index is 0. The van der Waals surface area contributed by atoms with E-state index in [0.717, 1.165) is 12.0 Å². The smallest absolute Gasteiger partial charge is 0.0218 e. The molecule has 1 aliphatic carbocycles. The number of halogens is 1. The van der Waals surface area contributed by atoms with Gasteiger partial charge in [-0.2, -0.15) is 0 Å². The maximum atomic E-state index is 3.55. The minimum Gasteiger partial charge on any atom is -0.311 e. The van der Waals surface area contributed by atoms with Gasteiger partial charge in [-0.05, 0) is 32.7 Å². The fourth-order valence-electron chi connectivity index (χ4n) is 3.09. The highest BCUT2D eigenvalue weighted by Gasteiger charge is 2.25. The Morgan fingerprint density at radius 1 is 1.19 bits per heavy atom. The van der Waals surface area contributed by atoms with Crippen molar-refractivity contribution >= 4 is 12.4 Å². The van der Waals surface area contributed by atoms with E-state index in [9.17, 15) is 0 Å². The van der Waals surface area contributed by atoms with E-state index in [2.05, 4.69) is 24.1 Å². The lowest BCUT2D eigenvalue weighted by molar-refractivity contribution is 0.130. The first kappa shape index (κ1) is 14.3. The number of piperazine rings is 1. The number of nitrogens with one attached hydrogen (secondary N) is 1. The lowest BCUT2D eigenvalue weighted by atomic mass is 10.0. The molecule has 0 bridgehead atoms. The lowest BCUT2D eigenvalue weighted by Gasteiger charge is -2.39. The van der Waals surface area contributed by atoms with Gasteiger partial charge >= 0.3 is 0 Å². The zero-order valence-electron chi connectivity index (χ0n) is 10.7. The van der Waals surface area contributed by atoms with Crippen molar-refractivity contribution in [1.82, 2.24) is 10.2 Å². The van der Waals surface area contributed by atoms with Crippen molar-refractivity contribution < 1.29 is 0 Å². The SMILES string of the molecule is CC1NCCN(CCC2CCCC2)C1C.Cl. The molecule has 3 heteroatoms. The highest BCUT2D eigenvalue weighted by Crippen LogP contribution is 2.28. The molecule has 1 aliphatic heterocycles. The summed E-state index contributed by atoms with van der Waals surface area (Å²) in [6, 6.07) is 1.39. The van der Waals surface area contributed by atoms with Crippen molar-refractivity contribution in [1.29, 1.82) is 0 Å². The average molecular weight is 247 g/mol. The lowest BCUT2D eigenvalue weighted by Crippen LogP contribution is -2.55. The summed E-state index contributed by atoms with van der Waals surface area (Å²) in [5.41, 5.74) is 0. The number of rotatable bonds is 3. The third-order valence-corrected chi connectivity index (χ3v) is 4.46. The maximum Gasteiger partial charge on any atom is 0.0218 e. The van der Waals surface area contributed by atoms with Gasteiger partial charge in [-0.15, -0.1) is 12.4 Å². The molecular weight excluding hydrogens is 220 g/mol. The topological polar surface area (TPSA) is 15.3 Å². The zero-order valence-corrected chi connectivity index (χ0v) is 11.6. The van der Waals surface area contributed by atoms with E-state index in [-0.39, 0.29) is 12.4 Å². The molecule has 96 valence electrons. The van der Waals surface area contributed by atoms with E-state index in [1.54, 1.807) is 0 Å². The summed E-state index contributed by atoms with van der Waals surface area (Å²) >= 11 is 0. The zero-order chi connectivity index (χ0) is 10.7. The third-order valence-electron chi connectivity index (χ3n) is 4.46. The van der Waals surface area contributed by atoms with E-state index in [1.807, 2.05) is 0 Å². The largest absolute Gasteiger partial charge is 0.311 e. The van der Waals surface area contributed by atoms with Crippen LogP contribution < -0.4 is 5.32 Å². The molecule has 0 amide bonds. The van der Waals surface area contributed by atoms with E-state index in [1.165, 1.54) is 51.7 Å². The van der Waals surface area contributed by atoms with Crippen LogP contribution in [0.15, 0.2) is 0 Å². The van der Waals surface area contributed by atoms with Crippen LogP contribution in [0.2, 0.25) is 0 Å². The number of hydrogen-bond acceptors (Lipinski definition) is 2. The van der Waals surface area contributed by atoms with E-state index < -0.39 is 0 Å². The summed E-state index contributed by atoms with van der Waals surface area (Å²) in [5, 5.41) is 3.55. The van der Waals surface area contributed by atoms with Crippen molar-refractivity contribution in [2.75, 3.05) is 19.6 Å². The molecule has 0 aromatic heterocycles. The minimum atomic E-state index is 0. The summed E-state index contributed by atoms with van der Waals surface area (Å²) in [5.74, 6) is 1.04. The van der Waals surface area contributed by atoms with E-state index in [0.29, 0.717) is 6.04 Å². The first-order valence-electron chi connectivity index (χ1n) is 6.75. The van der Waals surface area contributed by atoms with Crippen LogP contribution in [0, 0.1) is 5.92 Å². The van der Waals surface area contributed by atoms with Crippen LogP contribution in [0.4, 0.5) is 0 Å². The quantitative estimate of drug-likeness (QED) is 0.824. The second kappa shape index (κ2) is 6.83. The van der Waals surface area contributed by atoms with Gasteiger partial charge in [0.05, 0.1) is 0 Å². The second-order valence-corrected chi connectivity index (χ2v) is 5.46. The summed E-state index contributed by atoms with van der Waals surface area (Å²) < 4.78 is 0. The van der Waals surface area contributed by atoms with Gasteiger partial charge in [-0.1, -0.05) is 25.7 Å². The Bertz CT molecular complexity index is 192. The Morgan fingerprint density at radius 2 is 1.88 bits per heavy atom. The highest BCUT2D eigenvalue weighted by atomic mass is 35.5. The van der Waals surface area contributed by atoms with Crippen molar-refractivity contribution in [2.45, 2.75) is 58.0 Å². The average Bonchev–Trinajstić information content (AvgIpc) is 2.73. The Hall–Kier alpha value is 0.210. The first-order valence-corrected chi connectivity index (χ1v) is 6.75. The van der Waals surface area contributed by atoms with Crippen molar-refractivity contribution in [2.24, 2.45) is 5.92 Å². The molecule has 0 aromatic rings. The van der Waals surface area contributed by atoms with Crippen LogP contribution in [0.3, 0.4) is 0 Å². The van der Waals surface area contributed by atoms with Gasteiger partial charge in [-0.25, -0.2) is 0 Å². The first-order chi connectivity index (χ1) is 7.27. The van der Waals surface area contributed by atoms with Crippen LogP contribution in [0.25, 0.3) is 0 Å². The molecule has 16 heavy (non-hydrogen) atoms. The van der Waals surface area contributed by atoms with Gasteiger partial charge in [0.1, 0.15) is 0 Å². The van der Waals surface area contributed by atoms with Crippen molar-refractivity contribution in [3.05, 3.63) is 0 Å². The molecule has 2 unspecified atom stereocenters. The summed E-state index contributed by atoms with van der Waals surface area (Å²) in [6.07, 6.45) is 7.40. The van der Waals surface area contributed by atoms with Gasteiger partial charge < -0.3 is 5.32 Å². The van der Waals surface area contributed by atoms with E-state index >= 15 is 0 Å². The summed E-state index contributed by atoms with van der Waals surface area (Å²) in [4.78, 5) is 2.68. The number of nitrogens with zero attached hydrogens (tertiary/aromatic N) is 1. The summed E-state index contributed by atoms with van der Waals surface area (Å²) in [6.45, 7) is 8.43. The van der Waals surface area contributed by atoms with Gasteiger partial charge in [0.2, 0.25) is 0 Å². The fraction of sp³-hybridized carbons (Fsp3) is 1.00. The van der Waals surface area contributed by atoms with E-state index in [4.69, 9.17) is 0 Å².